The number of nitrogens with one attached hydrogen (secondary N) is 2. The van der Waals surface area contributed by atoms with Crippen LogP contribution < -0.4 is 15.8 Å². The van der Waals surface area contributed by atoms with Gasteiger partial charge in [-0.05, 0) is 23.3 Å². The fourth-order valence-corrected chi connectivity index (χ4v) is 3.25. The highest BCUT2D eigenvalue weighted by Gasteiger charge is 2.24. The van der Waals surface area contributed by atoms with Crippen molar-refractivity contribution in [3.05, 3.63) is 89.2 Å². The van der Waals surface area contributed by atoms with Crippen LogP contribution in [0.25, 0.3) is 11.1 Å². The molecule has 3 aromatic carbocycles. The fraction of sp³-hybridized carbons (Fsp3) is 0.167. The number of nitrogen functional groups attached to an aromatic ring is 1. The van der Waals surface area contributed by atoms with E-state index in [-0.39, 0.29) is 17.9 Å². The minimum Gasteiger partial charge on any atom is -0.496 e. The molecule has 0 aliphatic heterocycles. The summed E-state index contributed by atoms with van der Waals surface area (Å²) < 4.78 is 25.5. The molecule has 31 heavy (non-hydrogen) atoms. The van der Waals surface area contributed by atoms with Crippen LogP contribution in [0.15, 0.2) is 66.7 Å². The highest BCUT2D eigenvalue weighted by molar-refractivity contribution is 5.94. The summed E-state index contributed by atoms with van der Waals surface area (Å²) >= 11 is 0. The summed E-state index contributed by atoms with van der Waals surface area (Å²) in [5.41, 5.74) is 8.39. The molecule has 0 aliphatic carbocycles. The number of rotatable bonds is 8. The highest BCUT2D eigenvalue weighted by atomic mass is 19.1. The van der Waals surface area contributed by atoms with E-state index in [1.165, 1.54) is 13.2 Å². The van der Waals surface area contributed by atoms with Gasteiger partial charge in [-0.2, -0.15) is 0 Å². The molecular formula is C24H24FN3O3. The van der Waals surface area contributed by atoms with E-state index in [4.69, 9.17) is 20.6 Å². The number of hydrogen-bond donors (Lipinski definition) is 3. The summed E-state index contributed by atoms with van der Waals surface area (Å²) in [6, 6.07) is 18.9. The van der Waals surface area contributed by atoms with Gasteiger partial charge in [-0.1, -0.05) is 54.6 Å². The Balaban J connectivity index is 1.75. The summed E-state index contributed by atoms with van der Waals surface area (Å²) in [5.74, 6) is -0.396. The van der Waals surface area contributed by atoms with E-state index in [1.807, 2.05) is 18.2 Å². The van der Waals surface area contributed by atoms with Crippen molar-refractivity contribution in [3.8, 4) is 16.9 Å². The van der Waals surface area contributed by atoms with E-state index in [0.29, 0.717) is 16.9 Å². The zero-order valence-corrected chi connectivity index (χ0v) is 17.3. The van der Waals surface area contributed by atoms with Gasteiger partial charge in [-0.25, -0.2) is 4.39 Å². The number of carbonyl (C=O) groups excluding carboxylic acids is 1. The SMILES string of the molecule is COc1ccccc1-c1ccc(C(OC)C(=O)NCc2ccc(C(=N)N)cc2)c(F)c1. The van der Waals surface area contributed by atoms with E-state index >= 15 is 0 Å². The first kappa shape index (κ1) is 22.0. The summed E-state index contributed by atoms with van der Waals surface area (Å²) in [6.07, 6.45) is -1.09. The predicted molar refractivity (Wildman–Crippen MR) is 117 cm³/mol. The van der Waals surface area contributed by atoms with Gasteiger partial charge >= 0.3 is 0 Å². The molecule has 1 unspecified atom stereocenters. The lowest BCUT2D eigenvalue weighted by Crippen LogP contribution is -2.30. The molecule has 3 rings (SSSR count). The molecule has 0 fully saturated rings. The van der Waals surface area contributed by atoms with Crippen molar-refractivity contribution in [2.45, 2.75) is 12.6 Å². The van der Waals surface area contributed by atoms with Crippen molar-refractivity contribution in [3.63, 3.8) is 0 Å². The number of amidine groups is 1. The molecule has 3 aromatic rings. The van der Waals surface area contributed by atoms with E-state index in [1.54, 1.807) is 49.6 Å². The summed E-state index contributed by atoms with van der Waals surface area (Å²) in [6.45, 7) is 0.234. The van der Waals surface area contributed by atoms with E-state index in [2.05, 4.69) is 5.32 Å². The second kappa shape index (κ2) is 9.86. The summed E-state index contributed by atoms with van der Waals surface area (Å²) in [5, 5.41) is 10.2. The highest BCUT2D eigenvalue weighted by Crippen LogP contribution is 2.32. The first-order chi connectivity index (χ1) is 14.9. The predicted octanol–water partition coefficient (Wildman–Crippen LogP) is 3.79. The van der Waals surface area contributed by atoms with E-state index in [9.17, 15) is 9.18 Å². The van der Waals surface area contributed by atoms with Gasteiger partial charge in [0.1, 0.15) is 17.4 Å². The van der Waals surface area contributed by atoms with Gasteiger partial charge in [0.25, 0.3) is 5.91 Å². The average Bonchev–Trinajstić information content (AvgIpc) is 2.79. The fourth-order valence-electron chi connectivity index (χ4n) is 3.25. The molecule has 0 heterocycles. The van der Waals surface area contributed by atoms with Crippen molar-refractivity contribution in [1.82, 2.24) is 5.32 Å². The molecule has 4 N–H and O–H groups in total. The zero-order valence-electron chi connectivity index (χ0n) is 17.3. The topological polar surface area (TPSA) is 97.4 Å². The van der Waals surface area contributed by atoms with Crippen molar-refractivity contribution >= 4 is 11.7 Å². The lowest BCUT2D eigenvalue weighted by atomic mass is 10.00. The Labute approximate surface area is 180 Å². The zero-order chi connectivity index (χ0) is 22.4. The van der Waals surface area contributed by atoms with Gasteiger partial charge in [-0.3, -0.25) is 10.2 Å². The number of amides is 1. The normalized spacial score (nSPS) is 11.6. The Morgan fingerprint density at radius 1 is 1.10 bits per heavy atom. The molecule has 0 aromatic heterocycles. The number of ether oxygens (including phenoxy) is 2. The minimum atomic E-state index is -1.09. The molecular weight excluding hydrogens is 397 g/mol. The van der Waals surface area contributed by atoms with Gasteiger partial charge in [0.05, 0.1) is 7.11 Å². The monoisotopic (exact) mass is 421 g/mol. The van der Waals surface area contributed by atoms with Gasteiger partial charge in [0.2, 0.25) is 0 Å². The van der Waals surface area contributed by atoms with E-state index < -0.39 is 17.8 Å². The number of nitrogens with two attached hydrogens (primary N) is 1. The molecule has 6 nitrogen and oxygen atoms in total. The number of para-hydroxylation sites is 1. The Bertz CT molecular complexity index is 1080. The maximum atomic E-state index is 14.9. The first-order valence-electron chi connectivity index (χ1n) is 9.61. The van der Waals surface area contributed by atoms with Crippen LogP contribution in [0.3, 0.4) is 0 Å². The average molecular weight is 421 g/mol. The van der Waals surface area contributed by atoms with Crippen LogP contribution in [0, 0.1) is 11.2 Å². The standard InChI is InChI=1S/C24H24FN3O3/c1-30-21-6-4-3-5-18(21)17-11-12-19(20(25)13-17)22(31-2)24(29)28-14-15-7-9-16(10-8-15)23(26)27/h3-13,22H,14H2,1-2H3,(H3,26,27)(H,28,29). The van der Waals surface area contributed by atoms with Crippen molar-refractivity contribution in [2.75, 3.05) is 14.2 Å². The van der Waals surface area contributed by atoms with Gasteiger partial charge in [-0.15, -0.1) is 0 Å². The quantitative estimate of drug-likeness (QED) is 0.381. The molecule has 1 amide bonds. The molecule has 0 saturated carbocycles. The van der Waals surface area contributed by atoms with Crippen LogP contribution in [0.5, 0.6) is 5.75 Å². The molecule has 0 spiro atoms. The minimum absolute atomic E-state index is 0.0259. The van der Waals surface area contributed by atoms with Crippen LogP contribution in [0.2, 0.25) is 0 Å². The van der Waals surface area contributed by atoms with Crippen LogP contribution in [0.4, 0.5) is 4.39 Å². The van der Waals surface area contributed by atoms with Crippen molar-refractivity contribution in [2.24, 2.45) is 5.73 Å². The van der Waals surface area contributed by atoms with Crippen molar-refractivity contribution in [1.29, 1.82) is 5.41 Å². The molecule has 0 aliphatic rings. The largest absolute Gasteiger partial charge is 0.496 e. The van der Waals surface area contributed by atoms with E-state index in [0.717, 1.165) is 11.1 Å². The lowest BCUT2D eigenvalue weighted by molar-refractivity contribution is -0.131. The molecule has 1 atom stereocenters. The first-order valence-corrected chi connectivity index (χ1v) is 9.61. The molecule has 160 valence electrons. The number of benzene rings is 3. The van der Waals surface area contributed by atoms with Gasteiger partial charge in [0, 0.05) is 30.3 Å². The Kier molecular flexibility index (Phi) is 6.99. The lowest BCUT2D eigenvalue weighted by Gasteiger charge is -2.17. The third-order valence-corrected chi connectivity index (χ3v) is 4.91. The third-order valence-electron chi connectivity index (χ3n) is 4.91. The van der Waals surface area contributed by atoms with Crippen molar-refractivity contribution < 1.29 is 18.7 Å². The third kappa shape index (κ3) is 5.07. The number of methoxy groups -OCH3 is 2. The molecule has 0 radical (unpaired) electrons. The second-order valence-electron chi connectivity index (χ2n) is 6.88. The molecule has 7 heteroatoms. The second-order valence-corrected chi connectivity index (χ2v) is 6.88. The number of carbonyl (C=O) groups is 1. The van der Waals surface area contributed by atoms with Gasteiger partial charge in [0.15, 0.2) is 6.10 Å². The Morgan fingerprint density at radius 2 is 1.81 bits per heavy atom. The maximum Gasteiger partial charge on any atom is 0.254 e. The molecule has 0 bridgehead atoms. The van der Waals surface area contributed by atoms with Crippen LogP contribution in [0.1, 0.15) is 22.8 Å². The molecule has 0 saturated heterocycles. The van der Waals surface area contributed by atoms with Gasteiger partial charge < -0.3 is 20.5 Å². The van der Waals surface area contributed by atoms with Crippen LogP contribution in [-0.2, 0) is 16.1 Å². The number of hydrogen-bond acceptors (Lipinski definition) is 4. The maximum absolute atomic E-state index is 14.9. The number of halogens is 1. The van der Waals surface area contributed by atoms with Crippen LogP contribution in [-0.4, -0.2) is 26.0 Å². The smallest absolute Gasteiger partial charge is 0.254 e. The van der Waals surface area contributed by atoms with Crippen LogP contribution >= 0.6 is 0 Å². The Hall–Kier alpha value is -3.71. The summed E-state index contributed by atoms with van der Waals surface area (Å²) in [4.78, 5) is 12.7. The Morgan fingerprint density at radius 3 is 2.42 bits per heavy atom. The summed E-state index contributed by atoms with van der Waals surface area (Å²) in [7, 11) is 2.92.